The van der Waals surface area contributed by atoms with Gasteiger partial charge in [-0.2, -0.15) is 0 Å². The summed E-state index contributed by atoms with van der Waals surface area (Å²) in [5, 5.41) is 3.07. The molecule has 1 heterocycles. The minimum Gasteiger partial charge on any atom is -0.364 e. The van der Waals surface area contributed by atoms with E-state index in [1.54, 1.807) is 4.90 Å². The Hall–Kier alpha value is -1.23. The fourth-order valence-corrected chi connectivity index (χ4v) is 1.73. The van der Waals surface area contributed by atoms with Crippen molar-refractivity contribution < 1.29 is 13.2 Å². The van der Waals surface area contributed by atoms with Crippen LogP contribution >= 0.6 is 0 Å². The zero-order valence-corrected chi connectivity index (χ0v) is 8.06. The second-order valence-corrected chi connectivity index (χ2v) is 3.46. The summed E-state index contributed by atoms with van der Waals surface area (Å²) >= 11 is 0. The highest BCUT2D eigenvalue weighted by atomic mass is 19.1. The number of anilines is 1. The first-order chi connectivity index (χ1) is 7.18. The molecule has 1 aliphatic heterocycles. The predicted molar refractivity (Wildman–Crippen MR) is 51.4 cm³/mol. The van der Waals surface area contributed by atoms with Crippen LogP contribution in [0.15, 0.2) is 12.1 Å². The molecule has 2 nitrogen and oxygen atoms in total. The van der Waals surface area contributed by atoms with Crippen LogP contribution in [0.4, 0.5) is 18.9 Å². The Balaban J connectivity index is 2.33. The standard InChI is InChI=1S/C10H11F3N2/c11-7-5-8(12)10(9(13)6-7)15-3-1-14-2-4-15/h5-6,14H,1-4H2. The minimum atomic E-state index is -0.885. The smallest absolute Gasteiger partial charge is 0.152 e. The Bertz CT molecular complexity index is 339. The van der Waals surface area contributed by atoms with Crippen molar-refractivity contribution in [3.8, 4) is 0 Å². The van der Waals surface area contributed by atoms with Crippen molar-refractivity contribution in [3.63, 3.8) is 0 Å². The first-order valence-corrected chi connectivity index (χ1v) is 4.78. The molecule has 1 aromatic rings. The van der Waals surface area contributed by atoms with Gasteiger partial charge < -0.3 is 10.2 Å². The summed E-state index contributed by atoms with van der Waals surface area (Å²) in [6, 6.07) is 1.42. The fourth-order valence-electron chi connectivity index (χ4n) is 1.73. The maximum absolute atomic E-state index is 13.4. The lowest BCUT2D eigenvalue weighted by Crippen LogP contribution is -2.44. The van der Waals surface area contributed by atoms with Crippen molar-refractivity contribution in [2.75, 3.05) is 31.1 Å². The Kier molecular flexibility index (Phi) is 2.81. The molecule has 0 aromatic heterocycles. The summed E-state index contributed by atoms with van der Waals surface area (Å²) in [6.07, 6.45) is 0. The Morgan fingerprint density at radius 3 is 2.07 bits per heavy atom. The molecule has 1 aliphatic rings. The molecule has 1 saturated heterocycles. The monoisotopic (exact) mass is 216 g/mol. The molecule has 0 atom stereocenters. The van der Waals surface area contributed by atoms with Gasteiger partial charge in [-0.15, -0.1) is 0 Å². The van der Waals surface area contributed by atoms with E-state index in [0.29, 0.717) is 38.3 Å². The summed E-state index contributed by atoms with van der Waals surface area (Å²) in [7, 11) is 0. The normalized spacial score (nSPS) is 16.9. The van der Waals surface area contributed by atoms with Crippen LogP contribution in [0.2, 0.25) is 0 Å². The van der Waals surface area contributed by atoms with E-state index in [0.717, 1.165) is 0 Å². The van der Waals surface area contributed by atoms with Gasteiger partial charge in [0.25, 0.3) is 0 Å². The van der Waals surface area contributed by atoms with E-state index in [1.807, 2.05) is 0 Å². The average Bonchev–Trinajstić information content (AvgIpc) is 2.17. The molecule has 0 unspecified atom stereocenters. The van der Waals surface area contributed by atoms with Gasteiger partial charge >= 0.3 is 0 Å². The van der Waals surface area contributed by atoms with Crippen molar-refractivity contribution in [2.24, 2.45) is 0 Å². The van der Waals surface area contributed by atoms with Crippen LogP contribution in [-0.4, -0.2) is 26.2 Å². The molecule has 0 bridgehead atoms. The van der Waals surface area contributed by atoms with E-state index in [2.05, 4.69) is 5.32 Å². The third-order valence-electron chi connectivity index (χ3n) is 2.41. The van der Waals surface area contributed by atoms with Crippen LogP contribution in [0.1, 0.15) is 0 Å². The summed E-state index contributed by atoms with van der Waals surface area (Å²) < 4.78 is 39.4. The summed E-state index contributed by atoms with van der Waals surface area (Å²) in [5.74, 6) is -2.56. The number of hydrogen-bond donors (Lipinski definition) is 1. The number of hydrogen-bond acceptors (Lipinski definition) is 2. The average molecular weight is 216 g/mol. The SMILES string of the molecule is Fc1cc(F)c(N2CCNCC2)c(F)c1. The Morgan fingerprint density at radius 1 is 1.00 bits per heavy atom. The molecule has 0 spiro atoms. The summed E-state index contributed by atoms with van der Waals surface area (Å²) in [4.78, 5) is 1.58. The minimum absolute atomic E-state index is 0.127. The molecule has 5 heteroatoms. The molecule has 0 amide bonds. The molecular weight excluding hydrogens is 205 g/mol. The molecule has 0 aliphatic carbocycles. The molecule has 1 N–H and O–H groups in total. The van der Waals surface area contributed by atoms with E-state index >= 15 is 0 Å². The van der Waals surface area contributed by atoms with E-state index in [-0.39, 0.29) is 5.69 Å². The van der Waals surface area contributed by atoms with Gasteiger partial charge in [0.1, 0.15) is 11.5 Å². The highest BCUT2D eigenvalue weighted by molar-refractivity contribution is 5.49. The Morgan fingerprint density at radius 2 is 1.53 bits per heavy atom. The molecule has 1 aromatic carbocycles. The number of nitrogens with one attached hydrogen (secondary N) is 1. The number of nitrogens with zero attached hydrogens (tertiary/aromatic N) is 1. The van der Waals surface area contributed by atoms with Gasteiger partial charge in [0.2, 0.25) is 0 Å². The molecule has 0 saturated carbocycles. The van der Waals surface area contributed by atoms with Crippen molar-refractivity contribution in [3.05, 3.63) is 29.6 Å². The number of rotatable bonds is 1. The molecule has 1 fully saturated rings. The molecule has 2 rings (SSSR count). The number of benzene rings is 1. The first-order valence-electron chi connectivity index (χ1n) is 4.78. The van der Waals surface area contributed by atoms with Crippen molar-refractivity contribution in [1.29, 1.82) is 0 Å². The zero-order valence-electron chi connectivity index (χ0n) is 8.06. The zero-order chi connectivity index (χ0) is 10.8. The van der Waals surface area contributed by atoms with Gasteiger partial charge in [0, 0.05) is 38.3 Å². The predicted octanol–water partition coefficient (Wildman–Crippen LogP) is 1.51. The van der Waals surface area contributed by atoms with Crippen LogP contribution in [0.3, 0.4) is 0 Å². The summed E-state index contributed by atoms with van der Waals surface area (Å²) in [5.41, 5.74) is -0.127. The van der Waals surface area contributed by atoms with Gasteiger partial charge in [-0.05, 0) is 0 Å². The lowest BCUT2D eigenvalue weighted by Gasteiger charge is -2.29. The van der Waals surface area contributed by atoms with Gasteiger partial charge in [-0.25, -0.2) is 13.2 Å². The lowest BCUT2D eigenvalue weighted by atomic mass is 10.2. The van der Waals surface area contributed by atoms with E-state index in [9.17, 15) is 13.2 Å². The highest BCUT2D eigenvalue weighted by Gasteiger charge is 2.19. The van der Waals surface area contributed by atoms with Gasteiger partial charge in [-0.3, -0.25) is 0 Å². The second-order valence-electron chi connectivity index (χ2n) is 3.46. The largest absolute Gasteiger partial charge is 0.364 e. The maximum Gasteiger partial charge on any atom is 0.152 e. The van der Waals surface area contributed by atoms with E-state index in [1.165, 1.54) is 0 Å². The maximum atomic E-state index is 13.4. The van der Waals surface area contributed by atoms with Gasteiger partial charge in [0.05, 0.1) is 0 Å². The van der Waals surface area contributed by atoms with Crippen molar-refractivity contribution in [2.45, 2.75) is 0 Å². The Labute approximate surface area is 85.7 Å². The molecular formula is C10H11F3N2. The van der Waals surface area contributed by atoms with Crippen molar-refractivity contribution >= 4 is 5.69 Å². The second kappa shape index (κ2) is 4.10. The molecule has 82 valence electrons. The topological polar surface area (TPSA) is 15.3 Å². The number of halogens is 3. The van der Waals surface area contributed by atoms with Crippen LogP contribution in [0, 0.1) is 17.5 Å². The first kappa shape index (κ1) is 10.3. The third kappa shape index (κ3) is 2.07. The quantitative estimate of drug-likeness (QED) is 0.765. The van der Waals surface area contributed by atoms with Crippen LogP contribution in [0.5, 0.6) is 0 Å². The highest BCUT2D eigenvalue weighted by Crippen LogP contribution is 2.24. The van der Waals surface area contributed by atoms with E-state index in [4.69, 9.17) is 0 Å². The van der Waals surface area contributed by atoms with Crippen molar-refractivity contribution in [1.82, 2.24) is 5.32 Å². The third-order valence-corrected chi connectivity index (χ3v) is 2.41. The lowest BCUT2D eigenvalue weighted by molar-refractivity contribution is 0.519. The van der Waals surface area contributed by atoms with Gasteiger partial charge in [-0.1, -0.05) is 0 Å². The van der Waals surface area contributed by atoms with Crippen LogP contribution < -0.4 is 10.2 Å². The van der Waals surface area contributed by atoms with Crippen LogP contribution in [-0.2, 0) is 0 Å². The summed E-state index contributed by atoms with van der Waals surface area (Å²) in [6.45, 7) is 2.41. The fraction of sp³-hybridized carbons (Fsp3) is 0.400. The van der Waals surface area contributed by atoms with Crippen LogP contribution in [0.25, 0.3) is 0 Å². The van der Waals surface area contributed by atoms with E-state index < -0.39 is 17.5 Å². The molecule has 15 heavy (non-hydrogen) atoms. The number of piperazine rings is 1. The molecule has 0 radical (unpaired) electrons. The van der Waals surface area contributed by atoms with Gasteiger partial charge in [0.15, 0.2) is 11.6 Å².